The zero-order chi connectivity index (χ0) is 14.6. The number of hydrogen-bond acceptors (Lipinski definition) is 4. The van der Waals surface area contributed by atoms with Gasteiger partial charge in [0, 0.05) is 13.0 Å². The Hall–Kier alpha value is -1.30. The number of carbonyl (C=O) groups is 1. The molecule has 0 saturated carbocycles. The molecule has 0 aliphatic rings. The Kier molecular flexibility index (Phi) is 8.78. The van der Waals surface area contributed by atoms with Crippen LogP contribution in [0.1, 0.15) is 12.8 Å². The van der Waals surface area contributed by atoms with Gasteiger partial charge in [-0.15, -0.1) is 0 Å². The fraction of sp³-hybridized carbons (Fsp3) is 0.500. The van der Waals surface area contributed by atoms with Crippen molar-refractivity contribution in [3.05, 3.63) is 29.3 Å². The van der Waals surface area contributed by atoms with E-state index in [9.17, 15) is 4.79 Å². The predicted octanol–water partition coefficient (Wildman–Crippen LogP) is 1.62. The van der Waals surface area contributed by atoms with Crippen LogP contribution in [0.5, 0.6) is 5.75 Å². The van der Waals surface area contributed by atoms with Crippen LogP contribution in [0.3, 0.4) is 0 Å². The molecule has 1 rings (SSSR count). The summed E-state index contributed by atoms with van der Waals surface area (Å²) >= 11 is 5.94. The molecule has 1 aromatic carbocycles. The smallest absolute Gasteiger partial charge is 0.220 e. The lowest BCUT2D eigenvalue weighted by Gasteiger charge is -2.08. The second-order valence-corrected chi connectivity index (χ2v) is 4.48. The van der Waals surface area contributed by atoms with Crippen LogP contribution in [0.15, 0.2) is 24.3 Å². The van der Waals surface area contributed by atoms with Crippen LogP contribution in [-0.2, 0) is 9.53 Å². The molecule has 0 atom stereocenters. The van der Waals surface area contributed by atoms with E-state index in [0.29, 0.717) is 50.0 Å². The largest absolute Gasteiger partial charge is 0.492 e. The highest BCUT2D eigenvalue weighted by Crippen LogP contribution is 2.23. The minimum absolute atomic E-state index is 0.00662. The third kappa shape index (κ3) is 7.33. The van der Waals surface area contributed by atoms with Gasteiger partial charge >= 0.3 is 0 Å². The molecule has 0 bridgehead atoms. The number of ether oxygens (including phenoxy) is 2. The summed E-state index contributed by atoms with van der Waals surface area (Å²) in [6.45, 7) is 1.58. The number of nitrogens with one attached hydrogen (secondary N) is 1. The third-order valence-electron chi connectivity index (χ3n) is 2.45. The third-order valence-corrected chi connectivity index (χ3v) is 2.76. The van der Waals surface area contributed by atoms with E-state index in [1.54, 1.807) is 12.1 Å². The molecule has 0 heterocycles. The number of hydrogen-bond donors (Lipinski definition) is 2. The van der Waals surface area contributed by atoms with Gasteiger partial charge in [-0.1, -0.05) is 23.7 Å². The van der Waals surface area contributed by atoms with E-state index in [0.717, 1.165) is 0 Å². The maximum absolute atomic E-state index is 11.5. The van der Waals surface area contributed by atoms with Crippen LogP contribution in [0.4, 0.5) is 0 Å². The first-order valence-electron chi connectivity index (χ1n) is 6.56. The summed E-state index contributed by atoms with van der Waals surface area (Å²) in [5.74, 6) is 0.590. The normalized spacial score (nSPS) is 10.3. The number of halogens is 1. The number of aliphatic hydroxyl groups is 1. The van der Waals surface area contributed by atoms with Crippen LogP contribution < -0.4 is 10.1 Å². The van der Waals surface area contributed by atoms with E-state index >= 15 is 0 Å². The summed E-state index contributed by atoms with van der Waals surface area (Å²) in [6, 6.07) is 7.23. The molecule has 0 spiro atoms. The second-order valence-electron chi connectivity index (χ2n) is 4.07. The summed E-state index contributed by atoms with van der Waals surface area (Å²) in [4.78, 5) is 11.5. The van der Waals surface area contributed by atoms with Gasteiger partial charge < -0.3 is 19.9 Å². The summed E-state index contributed by atoms with van der Waals surface area (Å²) in [5, 5.41) is 11.8. The first-order chi connectivity index (χ1) is 9.74. The van der Waals surface area contributed by atoms with Crippen LogP contribution in [0.2, 0.25) is 5.02 Å². The van der Waals surface area contributed by atoms with Crippen LogP contribution in [0, 0.1) is 0 Å². The van der Waals surface area contributed by atoms with Crippen molar-refractivity contribution < 1.29 is 19.4 Å². The number of aliphatic hydroxyl groups excluding tert-OH is 1. The van der Waals surface area contributed by atoms with Crippen molar-refractivity contribution in [3.8, 4) is 5.75 Å². The van der Waals surface area contributed by atoms with Gasteiger partial charge in [-0.05, 0) is 18.6 Å². The molecule has 1 amide bonds. The molecule has 5 nitrogen and oxygen atoms in total. The highest BCUT2D eigenvalue weighted by molar-refractivity contribution is 6.32. The molecular weight excluding hydrogens is 282 g/mol. The first kappa shape index (κ1) is 16.8. The van der Waals surface area contributed by atoms with Gasteiger partial charge in [0.2, 0.25) is 5.91 Å². The van der Waals surface area contributed by atoms with Crippen molar-refractivity contribution in [2.45, 2.75) is 12.8 Å². The van der Waals surface area contributed by atoms with E-state index in [4.69, 9.17) is 26.2 Å². The molecule has 20 heavy (non-hydrogen) atoms. The standard InChI is InChI=1S/C14H20ClNO4/c15-12-4-1-2-5-13(12)20-9-3-6-14(18)16-7-10-19-11-8-17/h1-2,4-5,17H,3,6-11H2,(H,16,18). The molecular formula is C14H20ClNO4. The minimum atomic E-state index is -0.0413. The summed E-state index contributed by atoms with van der Waals surface area (Å²) in [5.41, 5.74) is 0. The van der Waals surface area contributed by atoms with E-state index in [1.807, 2.05) is 12.1 Å². The molecule has 6 heteroatoms. The number of carbonyl (C=O) groups excluding carboxylic acids is 1. The molecule has 2 N–H and O–H groups in total. The van der Waals surface area contributed by atoms with Gasteiger partial charge in [0.25, 0.3) is 0 Å². The van der Waals surface area contributed by atoms with Crippen LogP contribution >= 0.6 is 11.6 Å². The lowest BCUT2D eigenvalue weighted by Crippen LogP contribution is -2.27. The van der Waals surface area contributed by atoms with Gasteiger partial charge in [-0.3, -0.25) is 4.79 Å². The molecule has 0 aliphatic carbocycles. The average molecular weight is 302 g/mol. The first-order valence-corrected chi connectivity index (χ1v) is 6.94. The highest BCUT2D eigenvalue weighted by Gasteiger charge is 2.02. The number of para-hydroxylation sites is 1. The van der Waals surface area contributed by atoms with Crippen molar-refractivity contribution in [2.24, 2.45) is 0 Å². The molecule has 0 unspecified atom stereocenters. The molecule has 0 aliphatic heterocycles. The fourth-order valence-electron chi connectivity index (χ4n) is 1.49. The van der Waals surface area contributed by atoms with E-state index in [-0.39, 0.29) is 12.5 Å². The van der Waals surface area contributed by atoms with Crippen molar-refractivity contribution in [2.75, 3.05) is 33.0 Å². The highest BCUT2D eigenvalue weighted by atomic mass is 35.5. The molecule has 112 valence electrons. The van der Waals surface area contributed by atoms with Gasteiger partial charge in [0.1, 0.15) is 5.75 Å². The molecule has 0 saturated heterocycles. The lowest BCUT2D eigenvalue weighted by molar-refractivity contribution is -0.121. The monoisotopic (exact) mass is 301 g/mol. The van der Waals surface area contributed by atoms with E-state index in [2.05, 4.69) is 5.32 Å². The zero-order valence-electron chi connectivity index (χ0n) is 11.3. The SMILES string of the molecule is O=C(CCCOc1ccccc1Cl)NCCOCCO. The van der Waals surface area contributed by atoms with Crippen LogP contribution in [-0.4, -0.2) is 44.0 Å². The molecule has 0 aromatic heterocycles. The average Bonchev–Trinajstić information content (AvgIpc) is 2.45. The fourth-order valence-corrected chi connectivity index (χ4v) is 1.68. The van der Waals surface area contributed by atoms with Crippen molar-refractivity contribution >= 4 is 17.5 Å². The Balaban J connectivity index is 2.03. The predicted molar refractivity (Wildman–Crippen MR) is 77.1 cm³/mol. The quantitative estimate of drug-likeness (QED) is 0.645. The topological polar surface area (TPSA) is 67.8 Å². The summed E-state index contributed by atoms with van der Waals surface area (Å²) in [6.07, 6.45) is 1.01. The zero-order valence-corrected chi connectivity index (χ0v) is 12.1. The Morgan fingerprint density at radius 2 is 2.05 bits per heavy atom. The Labute approximate surface area is 123 Å². The van der Waals surface area contributed by atoms with Gasteiger partial charge in [0.15, 0.2) is 0 Å². The van der Waals surface area contributed by atoms with E-state index in [1.165, 1.54) is 0 Å². The van der Waals surface area contributed by atoms with Gasteiger partial charge in [-0.2, -0.15) is 0 Å². The summed E-state index contributed by atoms with van der Waals surface area (Å²) < 4.78 is 10.5. The van der Waals surface area contributed by atoms with Crippen molar-refractivity contribution in [1.29, 1.82) is 0 Å². The maximum Gasteiger partial charge on any atom is 0.220 e. The molecule has 0 fully saturated rings. The summed E-state index contributed by atoms with van der Waals surface area (Å²) in [7, 11) is 0. The Bertz CT molecular complexity index is 401. The lowest BCUT2D eigenvalue weighted by atomic mass is 10.3. The van der Waals surface area contributed by atoms with Gasteiger partial charge in [-0.25, -0.2) is 0 Å². The minimum Gasteiger partial charge on any atom is -0.492 e. The second kappa shape index (κ2) is 10.5. The number of amides is 1. The Morgan fingerprint density at radius 1 is 1.25 bits per heavy atom. The Morgan fingerprint density at radius 3 is 2.80 bits per heavy atom. The van der Waals surface area contributed by atoms with E-state index < -0.39 is 0 Å². The number of benzene rings is 1. The van der Waals surface area contributed by atoms with Crippen molar-refractivity contribution in [3.63, 3.8) is 0 Å². The molecule has 0 radical (unpaired) electrons. The van der Waals surface area contributed by atoms with Crippen molar-refractivity contribution in [1.82, 2.24) is 5.32 Å². The maximum atomic E-state index is 11.5. The van der Waals surface area contributed by atoms with Gasteiger partial charge in [0.05, 0.1) is 31.5 Å². The van der Waals surface area contributed by atoms with Crippen LogP contribution in [0.25, 0.3) is 0 Å². The number of rotatable bonds is 10. The molecule has 1 aromatic rings.